The van der Waals surface area contributed by atoms with E-state index in [0.717, 1.165) is 19.5 Å². The molecule has 0 aliphatic carbocycles. The van der Waals surface area contributed by atoms with Crippen LogP contribution in [-0.4, -0.2) is 18.9 Å². The Morgan fingerprint density at radius 3 is 2.50 bits per heavy atom. The Hall–Kier alpha value is -0.370. The fourth-order valence-corrected chi connectivity index (χ4v) is 1.01. The largest absolute Gasteiger partial charge is 0.316 e. The van der Waals surface area contributed by atoms with Gasteiger partial charge in [0.05, 0.1) is 0 Å². The highest BCUT2D eigenvalue weighted by atomic mass is 16.1. The predicted octanol–water partition coefficient (Wildman–Crippen LogP) is 0.821. The molecule has 1 heterocycles. The van der Waals surface area contributed by atoms with Crippen molar-refractivity contribution in [3.8, 4) is 0 Å². The van der Waals surface area contributed by atoms with Crippen LogP contribution < -0.4 is 5.32 Å². The standard InChI is InChI=1S/C8H15NO/c1-6(2)8(10)3-7-4-9-5-7/h6-7,9H,3-5H2,1-2H3. The van der Waals surface area contributed by atoms with E-state index in [-0.39, 0.29) is 5.92 Å². The molecule has 1 fully saturated rings. The van der Waals surface area contributed by atoms with Gasteiger partial charge >= 0.3 is 0 Å². The van der Waals surface area contributed by atoms with Crippen molar-refractivity contribution in [2.24, 2.45) is 11.8 Å². The van der Waals surface area contributed by atoms with Gasteiger partial charge in [0.25, 0.3) is 0 Å². The molecule has 1 rings (SSSR count). The molecule has 0 spiro atoms. The summed E-state index contributed by atoms with van der Waals surface area (Å²) >= 11 is 0. The molecule has 0 unspecified atom stereocenters. The number of hydrogen-bond acceptors (Lipinski definition) is 2. The highest BCUT2D eigenvalue weighted by Gasteiger charge is 2.20. The highest BCUT2D eigenvalue weighted by Crippen LogP contribution is 2.11. The van der Waals surface area contributed by atoms with Gasteiger partial charge in [0, 0.05) is 12.3 Å². The van der Waals surface area contributed by atoms with Crippen LogP contribution in [0.1, 0.15) is 20.3 Å². The SMILES string of the molecule is CC(C)C(=O)CC1CNC1. The molecule has 0 bridgehead atoms. The van der Waals surface area contributed by atoms with Gasteiger partial charge < -0.3 is 5.32 Å². The van der Waals surface area contributed by atoms with Crippen LogP contribution in [0.4, 0.5) is 0 Å². The van der Waals surface area contributed by atoms with Gasteiger partial charge in [0.15, 0.2) is 0 Å². The van der Waals surface area contributed by atoms with Crippen molar-refractivity contribution in [1.82, 2.24) is 5.32 Å². The lowest BCUT2D eigenvalue weighted by Gasteiger charge is -2.26. The first-order valence-electron chi connectivity index (χ1n) is 3.93. The van der Waals surface area contributed by atoms with E-state index in [1.54, 1.807) is 0 Å². The minimum absolute atomic E-state index is 0.223. The second-order valence-electron chi connectivity index (χ2n) is 3.35. The van der Waals surface area contributed by atoms with Crippen LogP contribution in [0.5, 0.6) is 0 Å². The minimum atomic E-state index is 0.223. The van der Waals surface area contributed by atoms with E-state index in [0.29, 0.717) is 11.7 Å². The normalized spacial score (nSPS) is 19.1. The molecule has 2 nitrogen and oxygen atoms in total. The molecule has 1 N–H and O–H groups in total. The molecule has 1 aliphatic heterocycles. The van der Waals surface area contributed by atoms with Crippen molar-refractivity contribution in [2.75, 3.05) is 13.1 Å². The topological polar surface area (TPSA) is 29.1 Å². The smallest absolute Gasteiger partial charge is 0.135 e. The second kappa shape index (κ2) is 3.15. The molecule has 0 aromatic rings. The summed E-state index contributed by atoms with van der Waals surface area (Å²) < 4.78 is 0. The van der Waals surface area contributed by atoms with Crippen LogP contribution >= 0.6 is 0 Å². The van der Waals surface area contributed by atoms with Crippen molar-refractivity contribution in [1.29, 1.82) is 0 Å². The first kappa shape index (κ1) is 7.73. The Morgan fingerprint density at radius 1 is 1.60 bits per heavy atom. The van der Waals surface area contributed by atoms with Gasteiger partial charge in [-0.05, 0) is 19.0 Å². The van der Waals surface area contributed by atoms with Gasteiger partial charge in [-0.1, -0.05) is 13.8 Å². The number of Topliss-reactive ketones (excluding diaryl/α,β-unsaturated/α-hetero) is 1. The van der Waals surface area contributed by atoms with Gasteiger partial charge in [0.2, 0.25) is 0 Å². The quantitative estimate of drug-likeness (QED) is 0.630. The van der Waals surface area contributed by atoms with Crippen molar-refractivity contribution in [2.45, 2.75) is 20.3 Å². The molecule has 0 amide bonds. The Balaban J connectivity index is 2.17. The van der Waals surface area contributed by atoms with E-state index < -0.39 is 0 Å². The van der Waals surface area contributed by atoms with Crippen molar-refractivity contribution in [3.05, 3.63) is 0 Å². The summed E-state index contributed by atoms with van der Waals surface area (Å²) in [6.07, 6.45) is 0.782. The molecule has 10 heavy (non-hydrogen) atoms. The number of carbonyl (C=O) groups is 1. The van der Waals surface area contributed by atoms with Crippen LogP contribution in [0, 0.1) is 11.8 Å². The molecule has 2 heteroatoms. The average molecular weight is 141 g/mol. The Bertz CT molecular complexity index is 127. The van der Waals surface area contributed by atoms with Crippen molar-refractivity contribution >= 4 is 5.78 Å². The summed E-state index contributed by atoms with van der Waals surface area (Å²) in [7, 11) is 0. The number of carbonyl (C=O) groups excluding carboxylic acids is 1. The first-order chi connectivity index (χ1) is 4.70. The number of nitrogens with one attached hydrogen (secondary N) is 1. The summed E-state index contributed by atoms with van der Waals surface area (Å²) in [5.41, 5.74) is 0. The van der Waals surface area contributed by atoms with Gasteiger partial charge in [-0.15, -0.1) is 0 Å². The zero-order valence-electron chi connectivity index (χ0n) is 6.68. The summed E-state index contributed by atoms with van der Waals surface area (Å²) in [4.78, 5) is 11.1. The van der Waals surface area contributed by atoms with Gasteiger partial charge in [0.1, 0.15) is 5.78 Å². The van der Waals surface area contributed by atoms with Gasteiger partial charge in [-0.25, -0.2) is 0 Å². The predicted molar refractivity (Wildman–Crippen MR) is 40.8 cm³/mol. The molecule has 1 aliphatic rings. The minimum Gasteiger partial charge on any atom is -0.316 e. The number of hydrogen-bond donors (Lipinski definition) is 1. The zero-order valence-corrected chi connectivity index (χ0v) is 6.68. The van der Waals surface area contributed by atoms with E-state index in [2.05, 4.69) is 5.32 Å². The van der Waals surface area contributed by atoms with Gasteiger partial charge in [-0.3, -0.25) is 4.79 Å². The lowest BCUT2D eigenvalue weighted by Crippen LogP contribution is -2.43. The summed E-state index contributed by atoms with van der Waals surface area (Å²) in [5, 5.41) is 3.15. The van der Waals surface area contributed by atoms with Crippen LogP contribution in [0.3, 0.4) is 0 Å². The third kappa shape index (κ3) is 1.81. The molecule has 0 saturated carbocycles. The fourth-order valence-electron chi connectivity index (χ4n) is 1.01. The molecular formula is C8H15NO. The Morgan fingerprint density at radius 2 is 2.20 bits per heavy atom. The average Bonchev–Trinajstić information content (AvgIpc) is 1.77. The molecule has 58 valence electrons. The molecule has 0 aromatic carbocycles. The van der Waals surface area contributed by atoms with E-state index in [9.17, 15) is 4.79 Å². The van der Waals surface area contributed by atoms with E-state index in [1.165, 1.54) is 0 Å². The summed E-state index contributed by atoms with van der Waals surface area (Å²) in [6, 6.07) is 0. The number of ketones is 1. The monoisotopic (exact) mass is 141 g/mol. The first-order valence-corrected chi connectivity index (χ1v) is 3.93. The molecule has 1 saturated heterocycles. The maximum atomic E-state index is 11.1. The Labute approximate surface area is 62.0 Å². The van der Waals surface area contributed by atoms with E-state index in [1.807, 2.05) is 13.8 Å². The zero-order chi connectivity index (χ0) is 7.56. The van der Waals surface area contributed by atoms with Crippen LogP contribution in [-0.2, 0) is 4.79 Å². The van der Waals surface area contributed by atoms with Crippen LogP contribution in [0.25, 0.3) is 0 Å². The maximum absolute atomic E-state index is 11.1. The lowest BCUT2D eigenvalue weighted by atomic mass is 9.92. The number of rotatable bonds is 3. The summed E-state index contributed by atoms with van der Waals surface area (Å²) in [6.45, 7) is 6.01. The van der Waals surface area contributed by atoms with Crippen molar-refractivity contribution < 1.29 is 4.79 Å². The molecular weight excluding hydrogens is 126 g/mol. The van der Waals surface area contributed by atoms with Crippen LogP contribution in [0.2, 0.25) is 0 Å². The highest BCUT2D eigenvalue weighted by molar-refractivity contribution is 5.80. The fraction of sp³-hybridized carbons (Fsp3) is 0.875. The molecule has 0 atom stereocenters. The van der Waals surface area contributed by atoms with Crippen LogP contribution in [0.15, 0.2) is 0 Å². The molecule has 0 aromatic heterocycles. The van der Waals surface area contributed by atoms with E-state index in [4.69, 9.17) is 0 Å². The second-order valence-corrected chi connectivity index (χ2v) is 3.35. The molecule has 0 radical (unpaired) electrons. The lowest BCUT2D eigenvalue weighted by molar-refractivity contribution is -0.123. The Kier molecular flexibility index (Phi) is 2.44. The third-order valence-corrected chi connectivity index (χ3v) is 2.00. The summed E-state index contributed by atoms with van der Waals surface area (Å²) in [5.74, 6) is 1.27. The van der Waals surface area contributed by atoms with Gasteiger partial charge in [-0.2, -0.15) is 0 Å². The van der Waals surface area contributed by atoms with Crippen molar-refractivity contribution in [3.63, 3.8) is 0 Å². The third-order valence-electron chi connectivity index (χ3n) is 2.00. The maximum Gasteiger partial charge on any atom is 0.135 e. The van der Waals surface area contributed by atoms with E-state index >= 15 is 0 Å².